The third-order valence-electron chi connectivity index (χ3n) is 3.34. The van der Waals surface area contributed by atoms with Gasteiger partial charge in [-0.15, -0.1) is 0 Å². The zero-order valence-corrected chi connectivity index (χ0v) is 12.2. The minimum Gasteiger partial charge on any atom is -0.396 e. The van der Waals surface area contributed by atoms with Crippen molar-refractivity contribution >= 4 is 5.91 Å². The number of hydrogen-bond donors (Lipinski definition) is 2. The second-order valence-electron chi connectivity index (χ2n) is 5.20. The molecule has 5 heteroatoms. The molecule has 0 saturated carbocycles. The molecule has 0 aliphatic carbocycles. The normalized spacial score (nSPS) is 12.1. The number of hydrogen-bond acceptors (Lipinski definition) is 3. The summed E-state index contributed by atoms with van der Waals surface area (Å²) in [5.41, 5.74) is 1.47. The van der Waals surface area contributed by atoms with Crippen molar-refractivity contribution in [1.29, 1.82) is 0 Å². The number of amides is 1. The first-order chi connectivity index (χ1) is 10.2. The van der Waals surface area contributed by atoms with E-state index in [1.54, 1.807) is 17.1 Å². The number of para-hydroxylation sites is 1. The molecule has 112 valence electrons. The first-order valence-electron chi connectivity index (χ1n) is 7.20. The molecule has 2 rings (SSSR count). The lowest BCUT2D eigenvalue weighted by Crippen LogP contribution is -2.24. The third kappa shape index (κ3) is 4.43. The largest absolute Gasteiger partial charge is 0.396 e. The van der Waals surface area contributed by atoms with Crippen LogP contribution in [-0.2, 0) is 0 Å². The van der Waals surface area contributed by atoms with Gasteiger partial charge in [0.15, 0.2) is 0 Å². The van der Waals surface area contributed by atoms with Crippen LogP contribution in [0.1, 0.15) is 30.1 Å². The summed E-state index contributed by atoms with van der Waals surface area (Å²) in [6, 6.07) is 9.67. The molecule has 1 aromatic carbocycles. The van der Waals surface area contributed by atoms with Gasteiger partial charge in [-0.05, 0) is 30.9 Å². The predicted octanol–water partition coefficient (Wildman–Crippen LogP) is 2.01. The fourth-order valence-electron chi connectivity index (χ4n) is 2.01. The van der Waals surface area contributed by atoms with E-state index in [0.29, 0.717) is 12.1 Å². The van der Waals surface area contributed by atoms with Crippen molar-refractivity contribution in [2.45, 2.75) is 19.8 Å². The molecule has 1 atom stereocenters. The highest BCUT2D eigenvalue weighted by Gasteiger charge is 2.09. The Hall–Kier alpha value is -2.14. The standard InChI is InChI=1S/C16H21N3O2/c1-13(12-20)6-5-9-17-16(21)14-10-18-19(11-14)15-7-3-2-4-8-15/h2-4,7-8,10-11,13,20H,5-6,9,12H2,1H3,(H,17,21). The highest BCUT2D eigenvalue weighted by Crippen LogP contribution is 2.08. The Morgan fingerprint density at radius 3 is 2.86 bits per heavy atom. The molecular formula is C16H21N3O2. The van der Waals surface area contributed by atoms with Crippen LogP contribution in [0, 0.1) is 5.92 Å². The zero-order chi connectivity index (χ0) is 15.1. The Kier molecular flexibility index (Phi) is 5.51. The highest BCUT2D eigenvalue weighted by molar-refractivity contribution is 5.93. The van der Waals surface area contributed by atoms with Gasteiger partial charge in [0.2, 0.25) is 0 Å². The first kappa shape index (κ1) is 15.3. The summed E-state index contributed by atoms with van der Waals surface area (Å²) in [7, 11) is 0. The van der Waals surface area contributed by atoms with Crippen molar-refractivity contribution in [2.75, 3.05) is 13.2 Å². The summed E-state index contributed by atoms with van der Waals surface area (Å²) in [6.07, 6.45) is 5.06. The lowest BCUT2D eigenvalue weighted by molar-refractivity contribution is 0.0952. The summed E-state index contributed by atoms with van der Waals surface area (Å²) in [4.78, 5) is 12.0. The fraction of sp³-hybridized carbons (Fsp3) is 0.375. The van der Waals surface area contributed by atoms with Gasteiger partial charge in [0.1, 0.15) is 0 Å². The van der Waals surface area contributed by atoms with Gasteiger partial charge in [0.25, 0.3) is 5.91 Å². The van der Waals surface area contributed by atoms with Gasteiger partial charge in [0.05, 0.1) is 17.4 Å². The van der Waals surface area contributed by atoms with E-state index in [1.165, 1.54) is 0 Å². The number of nitrogens with one attached hydrogen (secondary N) is 1. The van der Waals surface area contributed by atoms with Crippen LogP contribution in [0.4, 0.5) is 0 Å². The number of carbonyl (C=O) groups is 1. The molecule has 1 heterocycles. The topological polar surface area (TPSA) is 67.2 Å². The number of aromatic nitrogens is 2. The summed E-state index contributed by atoms with van der Waals surface area (Å²) in [5, 5.41) is 16.0. The minimum absolute atomic E-state index is 0.117. The number of rotatable bonds is 7. The number of benzene rings is 1. The number of nitrogens with zero attached hydrogens (tertiary/aromatic N) is 2. The van der Waals surface area contributed by atoms with E-state index >= 15 is 0 Å². The van der Waals surface area contributed by atoms with Crippen LogP contribution in [0.5, 0.6) is 0 Å². The minimum atomic E-state index is -0.117. The maximum atomic E-state index is 12.0. The molecule has 0 radical (unpaired) electrons. The van der Waals surface area contributed by atoms with Crippen LogP contribution in [0.25, 0.3) is 5.69 Å². The van der Waals surface area contributed by atoms with Crippen LogP contribution in [0.2, 0.25) is 0 Å². The van der Waals surface area contributed by atoms with Gasteiger partial charge in [0, 0.05) is 19.3 Å². The average Bonchev–Trinajstić information content (AvgIpc) is 3.02. The Morgan fingerprint density at radius 2 is 2.14 bits per heavy atom. The smallest absolute Gasteiger partial charge is 0.254 e. The lowest BCUT2D eigenvalue weighted by Gasteiger charge is -2.07. The van der Waals surface area contributed by atoms with Gasteiger partial charge in [-0.2, -0.15) is 5.10 Å². The molecule has 0 fully saturated rings. The van der Waals surface area contributed by atoms with Crippen molar-refractivity contribution < 1.29 is 9.90 Å². The average molecular weight is 287 g/mol. The lowest BCUT2D eigenvalue weighted by atomic mass is 10.1. The van der Waals surface area contributed by atoms with Crippen molar-refractivity contribution in [3.8, 4) is 5.69 Å². The van der Waals surface area contributed by atoms with Crippen LogP contribution in [0.3, 0.4) is 0 Å². The van der Waals surface area contributed by atoms with E-state index < -0.39 is 0 Å². The maximum Gasteiger partial charge on any atom is 0.254 e. The number of carbonyl (C=O) groups excluding carboxylic acids is 1. The fourth-order valence-corrected chi connectivity index (χ4v) is 2.01. The van der Waals surface area contributed by atoms with Crippen molar-refractivity contribution in [2.24, 2.45) is 5.92 Å². The number of aliphatic hydroxyl groups excluding tert-OH is 1. The molecule has 0 saturated heterocycles. The molecule has 0 bridgehead atoms. The molecule has 0 spiro atoms. The second-order valence-corrected chi connectivity index (χ2v) is 5.20. The van der Waals surface area contributed by atoms with Crippen LogP contribution in [0.15, 0.2) is 42.7 Å². The van der Waals surface area contributed by atoms with E-state index in [1.807, 2.05) is 37.3 Å². The van der Waals surface area contributed by atoms with E-state index in [9.17, 15) is 4.79 Å². The van der Waals surface area contributed by atoms with E-state index in [4.69, 9.17) is 5.11 Å². The zero-order valence-electron chi connectivity index (χ0n) is 12.2. The Labute approximate surface area is 124 Å². The molecule has 2 N–H and O–H groups in total. The Balaban J connectivity index is 1.85. The van der Waals surface area contributed by atoms with Gasteiger partial charge >= 0.3 is 0 Å². The van der Waals surface area contributed by atoms with Crippen LogP contribution in [-0.4, -0.2) is 33.9 Å². The van der Waals surface area contributed by atoms with Gasteiger partial charge in [-0.25, -0.2) is 4.68 Å². The molecule has 0 aliphatic heterocycles. The third-order valence-corrected chi connectivity index (χ3v) is 3.34. The SMILES string of the molecule is CC(CO)CCCNC(=O)c1cnn(-c2ccccc2)c1. The molecule has 1 aromatic heterocycles. The quantitative estimate of drug-likeness (QED) is 0.766. The predicted molar refractivity (Wildman–Crippen MR) is 81.4 cm³/mol. The summed E-state index contributed by atoms with van der Waals surface area (Å²) < 4.78 is 1.68. The monoisotopic (exact) mass is 287 g/mol. The van der Waals surface area contributed by atoms with E-state index in [2.05, 4.69) is 10.4 Å². The Morgan fingerprint density at radius 1 is 1.38 bits per heavy atom. The molecule has 1 amide bonds. The molecule has 2 aromatic rings. The van der Waals surface area contributed by atoms with Gasteiger partial charge in [-0.3, -0.25) is 4.79 Å². The van der Waals surface area contributed by atoms with Crippen LogP contribution < -0.4 is 5.32 Å². The molecule has 21 heavy (non-hydrogen) atoms. The maximum absolute atomic E-state index is 12.0. The molecule has 1 unspecified atom stereocenters. The summed E-state index contributed by atoms with van der Waals surface area (Å²) in [5.74, 6) is 0.163. The number of aliphatic hydroxyl groups is 1. The van der Waals surface area contributed by atoms with Crippen LogP contribution >= 0.6 is 0 Å². The summed E-state index contributed by atoms with van der Waals surface area (Å²) >= 11 is 0. The molecule has 0 aliphatic rings. The molecule has 5 nitrogen and oxygen atoms in total. The summed E-state index contributed by atoms with van der Waals surface area (Å²) in [6.45, 7) is 2.79. The van der Waals surface area contributed by atoms with Gasteiger partial charge < -0.3 is 10.4 Å². The van der Waals surface area contributed by atoms with Gasteiger partial charge in [-0.1, -0.05) is 25.1 Å². The molecular weight excluding hydrogens is 266 g/mol. The second kappa shape index (κ2) is 7.59. The van der Waals surface area contributed by atoms with Crippen molar-refractivity contribution in [3.63, 3.8) is 0 Å². The van der Waals surface area contributed by atoms with Crippen molar-refractivity contribution in [1.82, 2.24) is 15.1 Å². The van der Waals surface area contributed by atoms with E-state index in [-0.39, 0.29) is 18.4 Å². The van der Waals surface area contributed by atoms with E-state index in [0.717, 1.165) is 18.5 Å². The highest BCUT2D eigenvalue weighted by atomic mass is 16.3. The first-order valence-corrected chi connectivity index (χ1v) is 7.20. The Bertz CT molecular complexity index is 566. The van der Waals surface area contributed by atoms with Crippen molar-refractivity contribution in [3.05, 3.63) is 48.3 Å².